The van der Waals surface area contributed by atoms with Crippen molar-refractivity contribution in [3.05, 3.63) is 36.2 Å². The molecule has 0 spiro atoms. The molecule has 150 valence electrons. The number of aliphatic imine (C=N–C) groups is 1. The molecule has 1 saturated heterocycles. The fraction of sp³-hybridized carbons (Fsp3) is 0.571. The van der Waals surface area contributed by atoms with Gasteiger partial charge in [0.05, 0.1) is 6.54 Å². The average Bonchev–Trinajstić information content (AvgIpc) is 3.49. The predicted octanol–water partition coefficient (Wildman–Crippen LogP) is 2.54. The van der Waals surface area contributed by atoms with Crippen molar-refractivity contribution in [2.45, 2.75) is 57.7 Å². The molecule has 2 aromatic rings. The van der Waals surface area contributed by atoms with Crippen LogP contribution < -0.4 is 10.6 Å². The van der Waals surface area contributed by atoms with E-state index in [2.05, 4.69) is 49.8 Å². The van der Waals surface area contributed by atoms with Crippen LogP contribution in [0.4, 0.5) is 0 Å². The Morgan fingerprint density at radius 2 is 2.18 bits per heavy atom. The van der Waals surface area contributed by atoms with Crippen LogP contribution in [-0.2, 0) is 6.54 Å². The molecular formula is C21H31N7. The number of hydrogen-bond acceptors (Lipinski definition) is 4. The fourth-order valence-corrected chi connectivity index (χ4v) is 4.35. The Balaban J connectivity index is 1.36. The summed E-state index contributed by atoms with van der Waals surface area (Å²) in [5.74, 6) is 1.69. The van der Waals surface area contributed by atoms with Crippen LogP contribution in [0.5, 0.6) is 0 Å². The molecule has 28 heavy (non-hydrogen) atoms. The summed E-state index contributed by atoms with van der Waals surface area (Å²) in [6.07, 6.45) is 8.28. The SMILES string of the molecule is CCNC(=NCc1cccc(-c2ncn[nH]2)c1)NC1CCN(C2CCCC2)C1. The first-order valence-corrected chi connectivity index (χ1v) is 10.6. The second kappa shape index (κ2) is 9.19. The number of nitrogens with one attached hydrogen (secondary N) is 3. The van der Waals surface area contributed by atoms with Crippen molar-refractivity contribution in [3.63, 3.8) is 0 Å². The van der Waals surface area contributed by atoms with Gasteiger partial charge in [-0.05, 0) is 37.8 Å². The summed E-state index contributed by atoms with van der Waals surface area (Å²) in [5.41, 5.74) is 2.19. The van der Waals surface area contributed by atoms with Crippen molar-refractivity contribution in [1.29, 1.82) is 0 Å². The lowest BCUT2D eigenvalue weighted by molar-refractivity contribution is 0.242. The van der Waals surface area contributed by atoms with Gasteiger partial charge in [0.25, 0.3) is 0 Å². The van der Waals surface area contributed by atoms with Gasteiger partial charge in [-0.1, -0.05) is 31.0 Å². The average molecular weight is 382 g/mol. The van der Waals surface area contributed by atoms with Crippen LogP contribution in [0.15, 0.2) is 35.6 Å². The van der Waals surface area contributed by atoms with E-state index in [1.165, 1.54) is 45.0 Å². The van der Waals surface area contributed by atoms with Gasteiger partial charge in [-0.3, -0.25) is 10.00 Å². The number of aromatic amines is 1. The second-order valence-corrected chi connectivity index (χ2v) is 7.79. The molecule has 1 aliphatic carbocycles. The molecular weight excluding hydrogens is 350 g/mol. The lowest BCUT2D eigenvalue weighted by atomic mass is 10.1. The van der Waals surface area contributed by atoms with E-state index >= 15 is 0 Å². The van der Waals surface area contributed by atoms with Gasteiger partial charge in [0, 0.05) is 37.3 Å². The molecule has 2 heterocycles. The molecule has 2 aliphatic rings. The molecule has 1 aliphatic heterocycles. The van der Waals surface area contributed by atoms with E-state index in [0.717, 1.165) is 42.0 Å². The summed E-state index contributed by atoms with van der Waals surface area (Å²) in [5, 5.41) is 13.9. The zero-order valence-corrected chi connectivity index (χ0v) is 16.7. The number of aromatic nitrogens is 3. The third-order valence-electron chi connectivity index (χ3n) is 5.78. The van der Waals surface area contributed by atoms with Gasteiger partial charge < -0.3 is 10.6 Å². The summed E-state index contributed by atoms with van der Waals surface area (Å²) in [4.78, 5) is 11.7. The molecule has 3 N–H and O–H groups in total. The molecule has 0 radical (unpaired) electrons. The molecule has 7 nitrogen and oxygen atoms in total. The van der Waals surface area contributed by atoms with E-state index in [1.54, 1.807) is 0 Å². The van der Waals surface area contributed by atoms with Gasteiger partial charge in [0.2, 0.25) is 0 Å². The van der Waals surface area contributed by atoms with Crippen LogP contribution in [0, 0.1) is 0 Å². The smallest absolute Gasteiger partial charge is 0.191 e. The highest BCUT2D eigenvalue weighted by Crippen LogP contribution is 2.26. The van der Waals surface area contributed by atoms with Crippen LogP contribution >= 0.6 is 0 Å². The van der Waals surface area contributed by atoms with E-state index in [-0.39, 0.29) is 0 Å². The number of benzene rings is 1. The number of guanidine groups is 1. The Kier molecular flexibility index (Phi) is 6.21. The molecule has 1 atom stereocenters. The number of rotatable bonds is 6. The number of hydrogen-bond donors (Lipinski definition) is 3. The predicted molar refractivity (Wildman–Crippen MR) is 112 cm³/mol. The number of likely N-dealkylation sites (tertiary alicyclic amines) is 1. The first kappa shape index (κ1) is 18.9. The lowest BCUT2D eigenvalue weighted by Gasteiger charge is -2.24. The van der Waals surface area contributed by atoms with E-state index in [9.17, 15) is 0 Å². The van der Waals surface area contributed by atoms with E-state index in [0.29, 0.717) is 12.6 Å². The highest BCUT2D eigenvalue weighted by molar-refractivity contribution is 5.80. The summed E-state index contributed by atoms with van der Waals surface area (Å²) < 4.78 is 0. The highest BCUT2D eigenvalue weighted by Gasteiger charge is 2.30. The van der Waals surface area contributed by atoms with Gasteiger partial charge in [0.15, 0.2) is 11.8 Å². The Hall–Kier alpha value is -2.41. The van der Waals surface area contributed by atoms with Crippen LogP contribution in [0.1, 0.15) is 44.6 Å². The van der Waals surface area contributed by atoms with Crippen LogP contribution in [0.3, 0.4) is 0 Å². The Bertz CT molecular complexity index is 765. The molecule has 0 amide bonds. The molecule has 1 aromatic carbocycles. The minimum atomic E-state index is 0.485. The van der Waals surface area contributed by atoms with Gasteiger partial charge in [-0.25, -0.2) is 9.98 Å². The summed E-state index contributed by atoms with van der Waals surface area (Å²) in [6, 6.07) is 9.59. The normalized spacial score (nSPS) is 21.3. The van der Waals surface area contributed by atoms with Gasteiger partial charge in [-0.15, -0.1) is 0 Å². The van der Waals surface area contributed by atoms with Crippen molar-refractivity contribution >= 4 is 5.96 Å². The highest BCUT2D eigenvalue weighted by atomic mass is 15.3. The van der Waals surface area contributed by atoms with Crippen molar-refractivity contribution < 1.29 is 0 Å². The monoisotopic (exact) mass is 381 g/mol. The Morgan fingerprint density at radius 1 is 1.29 bits per heavy atom. The van der Waals surface area contributed by atoms with E-state index in [4.69, 9.17) is 4.99 Å². The van der Waals surface area contributed by atoms with Gasteiger partial charge in [0.1, 0.15) is 6.33 Å². The molecule has 0 bridgehead atoms. The van der Waals surface area contributed by atoms with Gasteiger partial charge >= 0.3 is 0 Å². The minimum absolute atomic E-state index is 0.485. The summed E-state index contributed by atoms with van der Waals surface area (Å²) in [7, 11) is 0. The Labute approximate surface area is 167 Å². The standard InChI is InChI=1S/C21H31N7/c1-2-22-21(26-18-10-11-28(14-18)19-8-3-4-9-19)23-13-16-6-5-7-17(12-16)20-24-15-25-27-20/h5-7,12,15,18-19H,2-4,8-11,13-14H2,1H3,(H2,22,23,26)(H,24,25,27). The van der Waals surface area contributed by atoms with Crippen molar-refractivity contribution in [2.24, 2.45) is 4.99 Å². The third kappa shape index (κ3) is 4.70. The van der Waals surface area contributed by atoms with Crippen molar-refractivity contribution in [2.75, 3.05) is 19.6 Å². The van der Waals surface area contributed by atoms with Crippen LogP contribution in [0.25, 0.3) is 11.4 Å². The van der Waals surface area contributed by atoms with Crippen molar-refractivity contribution in [1.82, 2.24) is 30.7 Å². The molecule has 2 fully saturated rings. The Morgan fingerprint density at radius 3 is 2.96 bits per heavy atom. The maximum atomic E-state index is 4.82. The number of nitrogens with zero attached hydrogens (tertiary/aromatic N) is 4. The lowest BCUT2D eigenvalue weighted by Crippen LogP contribution is -2.45. The molecule has 4 rings (SSSR count). The quantitative estimate of drug-likeness (QED) is 0.529. The van der Waals surface area contributed by atoms with Crippen molar-refractivity contribution in [3.8, 4) is 11.4 Å². The first-order valence-electron chi connectivity index (χ1n) is 10.6. The number of H-pyrrole nitrogens is 1. The zero-order chi connectivity index (χ0) is 19.2. The topological polar surface area (TPSA) is 81.2 Å². The fourth-order valence-electron chi connectivity index (χ4n) is 4.35. The molecule has 7 heteroatoms. The summed E-state index contributed by atoms with van der Waals surface area (Å²) >= 11 is 0. The minimum Gasteiger partial charge on any atom is -0.357 e. The van der Waals surface area contributed by atoms with E-state index < -0.39 is 0 Å². The molecule has 1 aromatic heterocycles. The zero-order valence-electron chi connectivity index (χ0n) is 16.7. The maximum Gasteiger partial charge on any atom is 0.191 e. The van der Waals surface area contributed by atoms with Crippen LogP contribution in [-0.4, -0.2) is 57.8 Å². The molecule has 1 unspecified atom stereocenters. The van der Waals surface area contributed by atoms with E-state index in [1.807, 2.05) is 12.1 Å². The first-order chi connectivity index (χ1) is 13.8. The molecule has 1 saturated carbocycles. The second-order valence-electron chi connectivity index (χ2n) is 7.79. The van der Waals surface area contributed by atoms with Crippen LogP contribution in [0.2, 0.25) is 0 Å². The summed E-state index contributed by atoms with van der Waals surface area (Å²) in [6.45, 7) is 5.96. The van der Waals surface area contributed by atoms with Gasteiger partial charge in [-0.2, -0.15) is 5.10 Å². The third-order valence-corrected chi connectivity index (χ3v) is 5.78. The largest absolute Gasteiger partial charge is 0.357 e. The maximum absolute atomic E-state index is 4.82.